The van der Waals surface area contributed by atoms with Crippen molar-refractivity contribution < 1.29 is 9.53 Å². The zero-order valence-corrected chi connectivity index (χ0v) is 11.5. The average Bonchev–Trinajstić information content (AvgIpc) is 2.48. The fourth-order valence-corrected chi connectivity index (χ4v) is 2.01. The van der Waals surface area contributed by atoms with Crippen LogP contribution in [0.25, 0.3) is 0 Å². The van der Waals surface area contributed by atoms with Crippen molar-refractivity contribution in [1.82, 2.24) is 4.90 Å². The molecule has 0 unspecified atom stereocenters. The van der Waals surface area contributed by atoms with Gasteiger partial charge in [0.1, 0.15) is 5.60 Å². The van der Waals surface area contributed by atoms with Gasteiger partial charge >= 0.3 is 6.09 Å². The molecule has 1 amide bonds. The minimum absolute atomic E-state index is 0.324. The smallest absolute Gasteiger partial charge is 0.410 e. The maximum absolute atomic E-state index is 11.6. The van der Waals surface area contributed by atoms with Gasteiger partial charge in [0, 0.05) is 13.6 Å². The van der Waals surface area contributed by atoms with E-state index in [0.29, 0.717) is 6.54 Å². The molecule has 1 aromatic rings. The molecular weight excluding hydrogens is 246 g/mol. The summed E-state index contributed by atoms with van der Waals surface area (Å²) in [6, 6.07) is 1.85. The van der Waals surface area contributed by atoms with Crippen LogP contribution in [0.15, 0.2) is 11.4 Å². The molecule has 3 nitrogen and oxygen atoms in total. The van der Waals surface area contributed by atoms with Gasteiger partial charge < -0.3 is 9.64 Å². The number of amides is 1. The first-order chi connectivity index (χ1) is 7.28. The summed E-state index contributed by atoms with van der Waals surface area (Å²) in [6.07, 6.45) is -0.324. The summed E-state index contributed by atoms with van der Waals surface area (Å²) in [7, 11) is 1.71. The van der Waals surface area contributed by atoms with E-state index >= 15 is 0 Å². The van der Waals surface area contributed by atoms with Crippen LogP contribution in [0.3, 0.4) is 0 Å². The molecule has 1 heterocycles. The highest BCUT2D eigenvalue weighted by Crippen LogP contribution is 2.21. The molecule has 90 valence electrons. The highest BCUT2D eigenvalue weighted by molar-refractivity contribution is 7.14. The fourth-order valence-electron chi connectivity index (χ4n) is 1.11. The van der Waals surface area contributed by atoms with Crippen LogP contribution in [0.4, 0.5) is 4.79 Å². The maximum atomic E-state index is 11.6. The number of carbonyl (C=O) groups is 1. The van der Waals surface area contributed by atoms with Crippen molar-refractivity contribution in [2.24, 2.45) is 0 Å². The maximum Gasteiger partial charge on any atom is 0.410 e. The van der Waals surface area contributed by atoms with Crippen LogP contribution in [0.5, 0.6) is 0 Å². The highest BCUT2D eigenvalue weighted by atomic mass is 35.5. The van der Waals surface area contributed by atoms with E-state index < -0.39 is 5.60 Å². The van der Waals surface area contributed by atoms with Crippen LogP contribution in [0.1, 0.15) is 26.3 Å². The van der Waals surface area contributed by atoms with Crippen molar-refractivity contribution in [1.29, 1.82) is 0 Å². The molecule has 0 spiro atoms. The molecule has 0 aromatic carbocycles. The van der Waals surface area contributed by atoms with Gasteiger partial charge in [0.15, 0.2) is 0 Å². The Kier molecular flexibility index (Phi) is 4.21. The van der Waals surface area contributed by atoms with Gasteiger partial charge in [-0.3, -0.25) is 0 Å². The minimum atomic E-state index is -0.461. The van der Waals surface area contributed by atoms with Gasteiger partial charge in [0.25, 0.3) is 0 Å². The summed E-state index contributed by atoms with van der Waals surface area (Å²) in [5.41, 5.74) is 0.556. The Hall–Kier alpha value is -0.740. The third kappa shape index (κ3) is 4.41. The topological polar surface area (TPSA) is 29.5 Å². The first-order valence-electron chi connectivity index (χ1n) is 4.95. The van der Waals surface area contributed by atoms with Crippen molar-refractivity contribution in [3.05, 3.63) is 21.3 Å². The Balaban J connectivity index is 2.52. The number of rotatable bonds is 2. The Morgan fingerprint density at radius 1 is 1.56 bits per heavy atom. The summed E-state index contributed by atoms with van der Waals surface area (Å²) in [5, 5.41) is 1.93. The number of hydrogen-bond donors (Lipinski definition) is 0. The molecule has 0 atom stereocenters. The van der Waals surface area contributed by atoms with E-state index in [9.17, 15) is 4.79 Å². The Bertz CT molecular complexity index is 370. The van der Waals surface area contributed by atoms with Crippen LogP contribution in [0, 0.1) is 0 Å². The zero-order chi connectivity index (χ0) is 12.3. The molecule has 0 bridgehead atoms. The molecule has 1 rings (SSSR count). The van der Waals surface area contributed by atoms with Crippen LogP contribution in [-0.2, 0) is 11.3 Å². The lowest BCUT2D eigenvalue weighted by Crippen LogP contribution is -2.33. The van der Waals surface area contributed by atoms with Gasteiger partial charge in [-0.1, -0.05) is 11.6 Å². The zero-order valence-electron chi connectivity index (χ0n) is 9.91. The van der Waals surface area contributed by atoms with Crippen molar-refractivity contribution in [3.63, 3.8) is 0 Å². The first kappa shape index (κ1) is 13.3. The number of nitrogens with zero attached hydrogens (tertiary/aromatic N) is 1. The number of carbonyl (C=O) groups excluding carboxylic acids is 1. The second-order valence-corrected chi connectivity index (χ2v) is 6.14. The molecule has 0 N–H and O–H groups in total. The molecule has 0 aliphatic rings. The summed E-state index contributed by atoms with van der Waals surface area (Å²) < 4.78 is 5.97. The second kappa shape index (κ2) is 5.06. The molecule has 0 saturated heterocycles. The summed E-state index contributed by atoms with van der Waals surface area (Å²) in [6.45, 7) is 6.05. The van der Waals surface area contributed by atoms with E-state index in [1.54, 1.807) is 7.05 Å². The third-order valence-electron chi connectivity index (χ3n) is 1.75. The van der Waals surface area contributed by atoms with Crippen LogP contribution < -0.4 is 0 Å². The normalized spacial score (nSPS) is 11.3. The molecule has 16 heavy (non-hydrogen) atoms. The third-order valence-corrected chi connectivity index (χ3v) is 2.89. The SMILES string of the molecule is CN(Cc1csc(Cl)c1)C(=O)OC(C)(C)C. The van der Waals surface area contributed by atoms with Crippen LogP contribution >= 0.6 is 22.9 Å². The molecule has 5 heteroatoms. The predicted molar refractivity (Wildman–Crippen MR) is 67.0 cm³/mol. The number of ether oxygens (including phenoxy) is 1. The van der Waals surface area contributed by atoms with E-state index in [2.05, 4.69) is 0 Å². The van der Waals surface area contributed by atoms with Gasteiger partial charge in [-0.05, 0) is 37.8 Å². The van der Waals surface area contributed by atoms with Gasteiger partial charge in [0.2, 0.25) is 0 Å². The Labute approximate surface area is 105 Å². The van der Waals surface area contributed by atoms with Crippen molar-refractivity contribution in [2.45, 2.75) is 32.9 Å². The minimum Gasteiger partial charge on any atom is -0.444 e. The first-order valence-corrected chi connectivity index (χ1v) is 6.21. The molecule has 0 fully saturated rings. The van der Waals surface area contributed by atoms with Gasteiger partial charge in [-0.25, -0.2) is 4.79 Å². The van der Waals surface area contributed by atoms with Crippen LogP contribution in [-0.4, -0.2) is 23.6 Å². The molecular formula is C11H16ClNO2S. The standard InChI is InChI=1S/C11H16ClNO2S/c1-11(2,3)15-10(14)13(4)6-8-5-9(12)16-7-8/h5,7H,6H2,1-4H3. The molecule has 1 aromatic heterocycles. The number of thiophene rings is 1. The molecule has 0 saturated carbocycles. The predicted octanol–water partition coefficient (Wildman–Crippen LogP) is 3.77. The second-order valence-electron chi connectivity index (χ2n) is 4.60. The highest BCUT2D eigenvalue weighted by Gasteiger charge is 2.19. The molecule has 0 radical (unpaired) electrons. The molecule has 0 aliphatic carbocycles. The lowest BCUT2D eigenvalue weighted by molar-refractivity contribution is 0.0285. The van der Waals surface area contributed by atoms with Crippen molar-refractivity contribution >= 4 is 29.0 Å². The van der Waals surface area contributed by atoms with Gasteiger partial charge in [-0.2, -0.15) is 0 Å². The summed E-state index contributed by atoms with van der Waals surface area (Å²) >= 11 is 7.27. The van der Waals surface area contributed by atoms with E-state index in [1.807, 2.05) is 32.2 Å². The summed E-state index contributed by atoms with van der Waals surface area (Å²) in [4.78, 5) is 13.2. The Morgan fingerprint density at radius 3 is 2.62 bits per heavy atom. The fraction of sp³-hybridized carbons (Fsp3) is 0.545. The molecule has 0 aliphatic heterocycles. The van der Waals surface area contributed by atoms with E-state index in [-0.39, 0.29) is 6.09 Å². The van der Waals surface area contributed by atoms with E-state index in [1.165, 1.54) is 16.2 Å². The number of halogens is 1. The van der Waals surface area contributed by atoms with Gasteiger partial charge in [-0.15, -0.1) is 11.3 Å². The Morgan fingerprint density at radius 2 is 2.19 bits per heavy atom. The monoisotopic (exact) mass is 261 g/mol. The quantitative estimate of drug-likeness (QED) is 0.811. The van der Waals surface area contributed by atoms with E-state index in [0.717, 1.165) is 9.90 Å². The van der Waals surface area contributed by atoms with Crippen LogP contribution in [0.2, 0.25) is 4.34 Å². The lowest BCUT2D eigenvalue weighted by atomic mass is 10.2. The largest absolute Gasteiger partial charge is 0.444 e. The summed E-state index contributed by atoms with van der Waals surface area (Å²) in [5.74, 6) is 0. The van der Waals surface area contributed by atoms with Gasteiger partial charge in [0.05, 0.1) is 4.34 Å². The van der Waals surface area contributed by atoms with E-state index in [4.69, 9.17) is 16.3 Å². The van der Waals surface area contributed by atoms with Crippen molar-refractivity contribution in [2.75, 3.05) is 7.05 Å². The number of hydrogen-bond acceptors (Lipinski definition) is 3. The average molecular weight is 262 g/mol. The van der Waals surface area contributed by atoms with Crippen molar-refractivity contribution in [3.8, 4) is 0 Å². The lowest BCUT2D eigenvalue weighted by Gasteiger charge is -2.24.